The second kappa shape index (κ2) is 10.6. The van der Waals surface area contributed by atoms with E-state index in [2.05, 4.69) is 32.0 Å². The normalized spacial score (nSPS) is 19.5. The number of nitrogens with one attached hydrogen (secondary N) is 2. The molecule has 24 heavy (non-hydrogen) atoms. The largest absolute Gasteiger partial charge is 0.381 e. The van der Waals surface area contributed by atoms with Gasteiger partial charge in [0.05, 0.1) is 0 Å². The Morgan fingerprint density at radius 1 is 1.38 bits per heavy atom. The molecular weight excluding hydrogens is 435 g/mol. The maximum atomic E-state index is 5.41. The summed E-state index contributed by atoms with van der Waals surface area (Å²) in [6, 6.07) is 2.27. The molecule has 0 aromatic carbocycles. The van der Waals surface area contributed by atoms with Crippen LogP contribution < -0.4 is 10.6 Å². The van der Waals surface area contributed by atoms with Crippen molar-refractivity contribution in [2.24, 2.45) is 10.9 Å². The van der Waals surface area contributed by atoms with Crippen LogP contribution in [0.3, 0.4) is 0 Å². The highest BCUT2D eigenvalue weighted by molar-refractivity contribution is 14.0. The lowest BCUT2D eigenvalue weighted by Crippen LogP contribution is -2.44. The van der Waals surface area contributed by atoms with Gasteiger partial charge in [0, 0.05) is 57.9 Å². The molecule has 7 heteroatoms. The average molecular weight is 464 g/mol. The zero-order chi connectivity index (χ0) is 15.9. The molecule has 1 aromatic rings. The zero-order valence-corrected chi connectivity index (χ0v) is 17.6. The summed E-state index contributed by atoms with van der Waals surface area (Å²) in [5, 5.41) is 9.11. The number of halogens is 1. The van der Waals surface area contributed by atoms with Crippen LogP contribution >= 0.6 is 35.3 Å². The molecule has 3 heterocycles. The van der Waals surface area contributed by atoms with Crippen LogP contribution in [0.1, 0.15) is 23.3 Å². The van der Waals surface area contributed by atoms with Gasteiger partial charge in [-0.05, 0) is 42.2 Å². The molecule has 0 bridgehead atoms. The van der Waals surface area contributed by atoms with Gasteiger partial charge < -0.3 is 15.4 Å². The molecular formula is C17H29IN4OS. The van der Waals surface area contributed by atoms with Crippen LogP contribution in [-0.2, 0) is 17.7 Å². The van der Waals surface area contributed by atoms with Crippen molar-refractivity contribution >= 4 is 41.3 Å². The van der Waals surface area contributed by atoms with Gasteiger partial charge in [-0.3, -0.25) is 9.89 Å². The van der Waals surface area contributed by atoms with Crippen LogP contribution in [0.5, 0.6) is 0 Å². The molecule has 0 unspecified atom stereocenters. The second-order valence-corrected chi connectivity index (χ2v) is 7.33. The number of thiophene rings is 1. The molecule has 0 amide bonds. The molecule has 0 saturated carbocycles. The van der Waals surface area contributed by atoms with E-state index in [0.717, 1.165) is 58.2 Å². The molecule has 1 saturated heterocycles. The topological polar surface area (TPSA) is 48.9 Å². The van der Waals surface area contributed by atoms with Gasteiger partial charge in [-0.25, -0.2) is 0 Å². The maximum Gasteiger partial charge on any atom is 0.191 e. The molecule has 0 aliphatic carbocycles. The maximum absolute atomic E-state index is 5.41. The summed E-state index contributed by atoms with van der Waals surface area (Å²) in [4.78, 5) is 8.42. The van der Waals surface area contributed by atoms with Crippen LogP contribution in [0.25, 0.3) is 0 Å². The van der Waals surface area contributed by atoms with Gasteiger partial charge in [-0.1, -0.05) is 0 Å². The minimum Gasteiger partial charge on any atom is -0.381 e. The van der Waals surface area contributed by atoms with Crippen molar-refractivity contribution in [3.05, 3.63) is 21.9 Å². The lowest BCUT2D eigenvalue weighted by molar-refractivity contribution is 0.0675. The van der Waals surface area contributed by atoms with Crippen molar-refractivity contribution in [1.82, 2.24) is 15.5 Å². The summed E-state index contributed by atoms with van der Waals surface area (Å²) >= 11 is 1.90. The third-order valence-corrected chi connectivity index (χ3v) is 5.75. The molecule has 136 valence electrons. The Balaban J connectivity index is 0.00000208. The van der Waals surface area contributed by atoms with E-state index in [9.17, 15) is 0 Å². The number of rotatable bonds is 5. The predicted molar refractivity (Wildman–Crippen MR) is 112 cm³/mol. The molecule has 3 rings (SSSR count). The highest BCUT2D eigenvalue weighted by Gasteiger charge is 2.17. The Bertz CT molecular complexity index is 516. The summed E-state index contributed by atoms with van der Waals surface area (Å²) in [7, 11) is 1.85. The first kappa shape index (κ1) is 19.9. The third-order valence-electron chi connectivity index (χ3n) is 4.73. The first-order chi connectivity index (χ1) is 11.3. The Morgan fingerprint density at radius 3 is 3.00 bits per heavy atom. The van der Waals surface area contributed by atoms with E-state index in [4.69, 9.17) is 4.74 Å². The minimum atomic E-state index is 0. The quantitative estimate of drug-likeness (QED) is 0.399. The fraction of sp³-hybridized carbons (Fsp3) is 0.706. The van der Waals surface area contributed by atoms with E-state index in [-0.39, 0.29) is 24.0 Å². The standard InChI is InChI=1S/C17H28N4OS.HI/c1-18-17(20-12-14-3-9-22-10-4-14)19-6-8-21-7-2-16-15(13-21)5-11-23-16;/h5,11,14H,2-4,6-10,12-13H2,1H3,(H2,18,19,20);1H. The number of fused-ring (bicyclic) bond motifs is 1. The van der Waals surface area contributed by atoms with E-state index < -0.39 is 0 Å². The van der Waals surface area contributed by atoms with Crippen LogP contribution in [0.15, 0.2) is 16.4 Å². The highest BCUT2D eigenvalue weighted by atomic mass is 127. The predicted octanol–water partition coefficient (Wildman–Crippen LogP) is 2.32. The van der Waals surface area contributed by atoms with E-state index in [0.29, 0.717) is 5.92 Å². The van der Waals surface area contributed by atoms with Gasteiger partial charge in [0.2, 0.25) is 0 Å². The van der Waals surface area contributed by atoms with Gasteiger partial charge in [0.15, 0.2) is 5.96 Å². The average Bonchev–Trinajstić information content (AvgIpc) is 3.06. The fourth-order valence-corrected chi connectivity index (χ4v) is 4.13. The van der Waals surface area contributed by atoms with Crippen LogP contribution in [0, 0.1) is 5.92 Å². The number of ether oxygens (including phenoxy) is 1. The van der Waals surface area contributed by atoms with E-state index in [1.54, 1.807) is 4.88 Å². The van der Waals surface area contributed by atoms with Crippen molar-refractivity contribution in [2.45, 2.75) is 25.8 Å². The summed E-state index contributed by atoms with van der Waals surface area (Å²) < 4.78 is 5.41. The van der Waals surface area contributed by atoms with Crippen molar-refractivity contribution in [3.8, 4) is 0 Å². The molecule has 0 spiro atoms. The number of nitrogens with zero attached hydrogens (tertiary/aromatic N) is 2. The number of aliphatic imine (C=N–C) groups is 1. The first-order valence-corrected chi connectivity index (χ1v) is 9.53. The third kappa shape index (κ3) is 5.86. The van der Waals surface area contributed by atoms with Gasteiger partial charge in [-0.2, -0.15) is 0 Å². The number of hydrogen-bond acceptors (Lipinski definition) is 4. The van der Waals surface area contributed by atoms with Crippen LogP contribution in [-0.4, -0.2) is 57.3 Å². The lowest BCUT2D eigenvalue weighted by atomic mass is 10.0. The van der Waals surface area contributed by atoms with Crippen molar-refractivity contribution in [2.75, 3.05) is 46.4 Å². The van der Waals surface area contributed by atoms with E-state index in [1.165, 1.54) is 18.5 Å². The second-order valence-electron chi connectivity index (χ2n) is 6.33. The monoisotopic (exact) mass is 464 g/mol. The Labute approximate surface area is 166 Å². The van der Waals surface area contributed by atoms with E-state index in [1.807, 2.05) is 18.4 Å². The van der Waals surface area contributed by atoms with Gasteiger partial charge in [0.25, 0.3) is 0 Å². The van der Waals surface area contributed by atoms with Crippen molar-refractivity contribution < 1.29 is 4.74 Å². The number of guanidine groups is 1. The smallest absolute Gasteiger partial charge is 0.191 e. The van der Waals surface area contributed by atoms with Crippen molar-refractivity contribution in [3.63, 3.8) is 0 Å². The summed E-state index contributed by atoms with van der Waals surface area (Å²) in [5.74, 6) is 1.63. The SMILES string of the molecule is CN=C(NCCN1CCc2sccc2C1)NCC1CCOCC1.I. The minimum absolute atomic E-state index is 0. The van der Waals surface area contributed by atoms with Crippen LogP contribution in [0.2, 0.25) is 0 Å². The Hall–Kier alpha value is -0.380. The fourth-order valence-electron chi connectivity index (χ4n) is 3.24. The van der Waals surface area contributed by atoms with Crippen LogP contribution in [0.4, 0.5) is 0 Å². The summed E-state index contributed by atoms with van der Waals surface area (Å²) in [5.41, 5.74) is 1.52. The molecule has 2 aliphatic heterocycles. The molecule has 0 radical (unpaired) electrons. The molecule has 0 atom stereocenters. The molecule has 1 aromatic heterocycles. The van der Waals surface area contributed by atoms with Crippen molar-refractivity contribution in [1.29, 1.82) is 0 Å². The Morgan fingerprint density at radius 2 is 2.21 bits per heavy atom. The molecule has 1 fully saturated rings. The lowest BCUT2D eigenvalue weighted by Gasteiger charge is -2.27. The Kier molecular flexibility index (Phi) is 8.79. The summed E-state index contributed by atoms with van der Waals surface area (Å²) in [6.45, 7) is 7.05. The highest BCUT2D eigenvalue weighted by Crippen LogP contribution is 2.23. The van der Waals surface area contributed by atoms with Gasteiger partial charge >= 0.3 is 0 Å². The van der Waals surface area contributed by atoms with Gasteiger partial charge in [-0.15, -0.1) is 35.3 Å². The zero-order valence-electron chi connectivity index (χ0n) is 14.4. The molecule has 2 aliphatic rings. The number of hydrogen-bond donors (Lipinski definition) is 2. The molecule has 2 N–H and O–H groups in total. The first-order valence-electron chi connectivity index (χ1n) is 8.65. The van der Waals surface area contributed by atoms with E-state index >= 15 is 0 Å². The van der Waals surface area contributed by atoms with Gasteiger partial charge in [0.1, 0.15) is 0 Å². The molecule has 5 nitrogen and oxygen atoms in total. The summed E-state index contributed by atoms with van der Waals surface area (Å²) in [6.07, 6.45) is 3.51.